The average molecular weight is 330 g/mol. The Labute approximate surface area is 143 Å². The zero-order chi connectivity index (χ0) is 17.4. The van der Waals surface area contributed by atoms with Gasteiger partial charge < -0.3 is 20.4 Å². The van der Waals surface area contributed by atoms with Crippen molar-refractivity contribution in [2.24, 2.45) is 5.73 Å². The van der Waals surface area contributed by atoms with Crippen LogP contribution in [0.25, 0.3) is 0 Å². The van der Waals surface area contributed by atoms with Crippen LogP contribution in [-0.2, 0) is 22.5 Å². The normalized spacial score (nSPS) is 13.5. The smallest absolute Gasteiger partial charge is 0.237 e. The third-order valence-electron chi connectivity index (χ3n) is 3.80. The van der Waals surface area contributed by atoms with E-state index >= 15 is 0 Å². The molecule has 2 atom stereocenters. The number of nitrogens with one attached hydrogen (secondary N) is 1. The van der Waals surface area contributed by atoms with E-state index in [4.69, 9.17) is 10.5 Å². The molecule has 0 aliphatic rings. The molecule has 6 heteroatoms. The van der Waals surface area contributed by atoms with Crippen molar-refractivity contribution in [1.29, 1.82) is 0 Å². The maximum absolute atomic E-state index is 12.1. The van der Waals surface area contributed by atoms with Crippen molar-refractivity contribution < 1.29 is 9.53 Å². The molecule has 0 saturated carbocycles. The highest BCUT2D eigenvalue weighted by atomic mass is 16.5. The van der Waals surface area contributed by atoms with Crippen LogP contribution in [0.5, 0.6) is 0 Å². The molecule has 0 saturated heterocycles. The number of amides is 1. The topological polar surface area (TPSA) is 82.2 Å². The fraction of sp³-hybridized carbons (Fsp3) is 0.444. The van der Waals surface area contributed by atoms with Gasteiger partial charge in [0.05, 0.1) is 18.1 Å². The Morgan fingerprint density at radius 2 is 2.12 bits per heavy atom. The second-order valence-corrected chi connectivity index (χ2v) is 6.02. The van der Waals surface area contributed by atoms with Crippen LogP contribution < -0.4 is 11.1 Å². The summed E-state index contributed by atoms with van der Waals surface area (Å²) in [5.41, 5.74) is 8.02. The molecule has 0 spiro atoms. The number of hydrogen-bond acceptors (Lipinski definition) is 4. The Morgan fingerprint density at radius 3 is 2.83 bits per heavy atom. The van der Waals surface area contributed by atoms with Gasteiger partial charge in [0.2, 0.25) is 5.91 Å². The number of carbonyl (C=O) groups is 1. The number of hydrogen-bond donors (Lipinski definition) is 2. The summed E-state index contributed by atoms with van der Waals surface area (Å²) in [5, 5.41) is 2.90. The predicted octanol–water partition coefficient (Wildman–Crippen LogP) is 1.34. The number of nitrogens with zero attached hydrogens (tertiary/aromatic N) is 2. The third-order valence-corrected chi connectivity index (χ3v) is 3.80. The van der Waals surface area contributed by atoms with Crippen molar-refractivity contribution in [2.45, 2.75) is 38.4 Å². The van der Waals surface area contributed by atoms with Gasteiger partial charge in [-0.3, -0.25) is 4.79 Å². The molecule has 0 aliphatic heterocycles. The zero-order valence-corrected chi connectivity index (χ0v) is 14.3. The minimum Gasteiger partial charge on any atom is -0.385 e. The molecule has 1 aromatic heterocycles. The Morgan fingerprint density at radius 1 is 1.38 bits per heavy atom. The van der Waals surface area contributed by atoms with Gasteiger partial charge in [0, 0.05) is 38.9 Å². The second kappa shape index (κ2) is 9.20. The molecule has 0 bridgehead atoms. The van der Waals surface area contributed by atoms with Crippen molar-refractivity contribution in [1.82, 2.24) is 14.9 Å². The first-order valence-corrected chi connectivity index (χ1v) is 8.18. The van der Waals surface area contributed by atoms with Gasteiger partial charge in [-0.2, -0.15) is 0 Å². The van der Waals surface area contributed by atoms with Crippen LogP contribution >= 0.6 is 0 Å². The number of imidazole rings is 1. The molecule has 1 aromatic carbocycles. The average Bonchev–Trinajstić information content (AvgIpc) is 3.00. The van der Waals surface area contributed by atoms with Crippen molar-refractivity contribution in [3.8, 4) is 0 Å². The van der Waals surface area contributed by atoms with Gasteiger partial charge >= 0.3 is 0 Å². The SMILES string of the molecule is COCCC(C)NC(=O)[C@@H](N)Cc1cn(Cc2ccccc2)cn1. The van der Waals surface area contributed by atoms with Crippen molar-refractivity contribution in [3.05, 3.63) is 54.1 Å². The standard InChI is InChI=1S/C18H26N4O2/c1-14(8-9-24-2)21-18(23)17(19)10-16-12-22(13-20-16)11-15-6-4-3-5-7-15/h3-7,12-14,17H,8-11,19H2,1-2H3,(H,21,23)/t14?,17-/m0/s1. The summed E-state index contributed by atoms with van der Waals surface area (Å²) < 4.78 is 7.00. The first kappa shape index (κ1) is 18.2. The molecule has 0 aliphatic carbocycles. The van der Waals surface area contributed by atoms with Crippen LogP contribution in [-0.4, -0.2) is 41.3 Å². The lowest BCUT2D eigenvalue weighted by atomic mass is 10.1. The minimum absolute atomic E-state index is 0.0409. The minimum atomic E-state index is -0.602. The van der Waals surface area contributed by atoms with E-state index in [-0.39, 0.29) is 11.9 Å². The second-order valence-electron chi connectivity index (χ2n) is 6.02. The van der Waals surface area contributed by atoms with Gasteiger partial charge in [0.25, 0.3) is 0 Å². The van der Waals surface area contributed by atoms with E-state index in [1.807, 2.05) is 35.9 Å². The third kappa shape index (κ3) is 5.79. The Hall–Kier alpha value is -2.18. The monoisotopic (exact) mass is 330 g/mol. The van der Waals surface area contributed by atoms with Crippen molar-refractivity contribution in [2.75, 3.05) is 13.7 Å². The predicted molar refractivity (Wildman–Crippen MR) is 93.5 cm³/mol. The van der Waals surface area contributed by atoms with Crippen LogP contribution in [0.2, 0.25) is 0 Å². The molecule has 2 rings (SSSR count). The quantitative estimate of drug-likeness (QED) is 0.727. The lowest BCUT2D eigenvalue weighted by molar-refractivity contribution is -0.123. The lowest BCUT2D eigenvalue weighted by Crippen LogP contribution is -2.45. The highest BCUT2D eigenvalue weighted by molar-refractivity contribution is 5.81. The van der Waals surface area contributed by atoms with E-state index in [0.29, 0.717) is 13.0 Å². The van der Waals surface area contributed by atoms with Crippen molar-refractivity contribution >= 4 is 5.91 Å². The number of ether oxygens (including phenoxy) is 1. The molecular weight excluding hydrogens is 304 g/mol. The van der Waals surface area contributed by atoms with E-state index < -0.39 is 6.04 Å². The van der Waals surface area contributed by atoms with E-state index in [2.05, 4.69) is 22.4 Å². The fourth-order valence-electron chi connectivity index (χ4n) is 2.43. The summed E-state index contributed by atoms with van der Waals surface area (Å²) in [6, 6.07) is 9.60. The molecule has 0 radical (unpaired) electrons. The number of aromatic nitrogens is 2. The number of nitrogens with two attached hydrogens (primary N) is 1. The van der Waals surface area contributed by atoms with Gasteiger partial charge in [-0.1, -0.05) is 30.3 Å². The van der Waals surface area contributed by atoms with Gasteiger partial charge in [-0.05, 0) is 18.9 Å². The summed E-state index contributed by atoms with van der Waals surface area (Å²) in [7, 11) is 1.64. The molecule has 0 fully saturated rings. The highest BCUT2D eigenvalue weighted by Gasteiger charge is 2.17. The summed E-state index contributed by atoms with van der Waals surface area (Å²) in [6.07, 6.45) is 4.90. The van der Waals surface area contributed by atoms with E-state index in [9.17, 15) is 4.79 Å². The first-order chi connectivity index (χ1) is 11.6. The van der Waals surface area contributed by atoms with Crippen LogP contribution in [0, 0.1) is 0 Å². The molecule has 1 unspecified atom stereocenters. The van der Waals surface area contributed by atoms with Crippen LogP contribution in [0.15, 0.2) is 42.9 Å². The van der Waals surface area contributed by atoms with Crippen LogP contribution in [0.4, 0.5) is 0 Å². The molecule has 130 valence electrons. The zero-order valence-electron chi connectivity index (χ0n) is 14.3. The number of carbonyl (C=O) groups excluding carboxylic acids is 1. The number of benzene rings is 1. The van der Waals surface area contributed by atoms with E-state index in [1.165, 1.54) is 5.56 Å². The Balaban J connectivity index is 1.83. The molecule has 1 heterocycles. The highest BCUT2D eigenvalue weighted by Crippen LogP contribution is 2.05. The molecule has 3 N–H and O–H groups in total. The molecule has 2 aromatic rings. The summed E-state index contributed by atoms with van der Waals surface area (Å²) in [5.74, 6) is -0.156. The first-order valence-electron chi connectivity index (χ1n) is 8.18. The summed E-state index contributed by atoms with van der Waals surface area (Å²) in [4.78, 5) is 16.5. The maximum Gasteiger partial charge on any atom is 0.237 e. The van der Waals surface area contributed by atoms with Crippen molar-refractivity contribution in [3.63, 3.8) is 0 Å². The van der Waals surface area contributed by atoms with Gasteiger partial charge in [0.15, 0.2) is 0 Å². The maximum atomic E-state index is 12.1. The summed E-state index contributed by atoms with van der Waals surface area (Å²) >= 11 is 0. The van der Waals surface area contributed by atoms with Gasteiger partial charge in [-0.25, -0.2) is 4.98 Å². The van der Waals surface area contributed by atoms with Gasteiger partial charge in [0.1, 0.15) is 0 Å². The summed E-state index contributed by atoms with van der Waals surface area (Å²) in [6.45, 7) is 3.31. The fourth-order valence-corrected chi connectivity index (χ4v) is 2.43. The lowest BCUT2D eigenvalue weighted by Gasteiger charge is -2.16. The molecule has 24 heavy (non-hydrogen) atoms. The van der Waals surface area contributed by atoms with Crippen LogP contribution in [0.3, 0.4) is 0 Å². The Bertz CT molecular complexity index is 627. The Kier molecular flexibility index (Phi) is 6.96. The van der Waals surface area contributed by atoms with Crippen LogP contribution in [0.1, 0.15) is 24.6 Å². The van der Waals surface area contributed by atoms with E-state index in [0.717, 1.165) is 18.7 Å². The number of methoxy groups -OCH3 is 1. The molecule has 1 amide bonds. The number of rotatable bonds is 9. The molecule has 6 nitrogen and oxygen atoms in total. The molecular formula is C18H26N4O2. The largest absolute Gasteiger partial charge is 0.385 e. The van der Waals surface area contributed by atoms with Gasteiger partial charge in [-0.15, -0.1) is 0 Å². The van der Waals surface area contributed by atoms with E-state index in [1.54, 1.807) is 13.4 Å².